The third-order valence-corrected chi connectivity index (χ3v) is 18.0. The first-order valence-corrected chi connectivity index (χ1v) is 28.2. The molecular weight excluding hydrogens is 981 g/mol. The van der Waals surface area contributed by atoms with Crippen molar-refractivity contribution in [2.45, 2.75) is 33.1 Å². The molecule has 0 fully saturated rings. The molecule has 0 saturated heterocycles. The monoisotopic (exact) mass is 1030 g/mol. The number of aryl methyl sites for hydroxylation is 2. The first kappa shape index (κ1) is 45.8. The quantitative estimate of drug-likeness (QED) is 0.161. The molecule has 0 spiro atoms. The van der Waals surface area contributed by atoms with Crippen LogP contribution in [0.4, 0.5) is 17.1 Å². The molecule has 0 N–H and O–H groups in total. The Morgan fingerprint density at radius 1 is 0.333 bits per heavy atom. The van der Waals surface area contributed by atoms with Gasteiger partial charge in [0.15, 0.2) is 0 Å². The normalized spacial score (nSPS) is 13.0. The van der Waals surface area contributed by atoms with E-state index < -0.39 is 0 Å². The van der Waals surface area contributed by atoms with Crippen molar-refractivity contribution in [2.24, 2.45) is 0 Å². The van der Waals surface area contributed by atoms with Gasteiger partial charge in [0.2, 0.25) is 5.95 Å². The summed E-state index contributed by atoms with van der Waals surface area (Å²) in [5, 5.41) is 22.4. The summed E-state index contributed by atoms with van der Waals surface area (Å²) in [6.07, 6.45) is 0. The molecule has 16 aromatic rings. The third-order valence-electron chi connectivity index (χ3n) is 18.0. The van der Waals surface area contributed by atoms with Crippen LogP contribution >= 0.6 is 0 Å². The molecule has 0 bridgehead atoms. The fourth-order valence-corrected chi connectivity index (χ4v) is 14.3. The summed E-state index contributed by atoms with van der Waals surface area (Å²) < 4.78 is 2.33. The second-order valence-corrected chi connectivity index (χ2v) is 23.0. The molecular formula is C77H52N4. The van der Waals surface area contributed by atoms with Crippen molar-refractivity contribution in [3.8, 4) is 28.2 Å². The van der Waals surface area contributed by atoms with E-state index in [1.54, 1.807) is 0 Å². The van der Waals surface area contributed by atoms with E-state index in [4.69, 9.17) is 9.97 Å². The van der Waals surface area contributed by atoms with Gasteiger partial charge in [0, 0.05) is 49.7 Å². The zero-order valence-electron chi connectivity index (χ0n) is 45.4. The molecule has 0 radical (unpaired) electrons. The molecule has 2 aromatic heterocycles. The maximum atomic E-state index is 5.16. The van der Waals surface area contributed by atoms with Gasteiger partial charge in [-0.2, -0.15) is 0 Å². The van der Waals surface area contributed by atoms with Gasteiger partial charge in [-0.3, -0.25) is 4.57 Å². The van der Waals surface area contributed by atoms with E-state index in [-0.39, 0.29) is 5.41 Å². The summed E-state index contributed by atoms with van der Waals surface area (Å²) in [5.74, 6) is 0.695. The van der Waals surface area contributed by atoms with Crippen LogP contribution in [-0.2, 0) is 5.41 Å². The van der Waals surface area contributed by atoms with Gasteiger partial charge in [-0.1, -0.05) is 190 Å². The second kappa shape index (κ2) is 16.9. The number of hydrogen-bond acceptors (Lipinski definition) is 3. The third kappa shape index (κ3) is 6.71. The van der Waals surface area contributed by atoms with E-state index in [0.29, 0.717) is 5.95 Å². The van der Waals surface area contributed by atoms with Crippen LogP contribution in [0.25, 0.3) is 136 Å². The van der Waals surface area contributed by atoms with Gasteiger partial charge in [-0.05, 0) is 189 Å². The van der Waals surface area contributed by atoms with E-state index in [0.717, 1.165) is 39.5 Å². The molecule has 4 heteroatoms. The Kier molecular flexibility index (Phi) is 9.57. The van der Waals surface area contributed by atoms with Crippen molar-refractivity contribution in [1.82, 2.24) is 14.5 Å². The van der Waals surface area contributed by atoms with Gasteiger partial charge in [-0.25, -0.2) is 9.97 Å². The largest absolute Gasteiger partial charge is 0.310 e. The molecule has 14 aromatic carbocycles. The fraction of sp³-hybridized carbons (Fsp3) is 0.0649. The average Bonchev–Trinajstić information content (AvgIpc) is 4.06. The lowest BCUT2D eigenvalue weighted by molar-refractivity contribution is 0.661. The van der Waals surface area contributed by atoms with E-state index in [9.17, 15) is 0 Å². The number of rotatable bonds is 5. The zero-order chi connectivity index (χ0) is 53.8. The summed E-state index contributed by atoms with van der Waals surface area (Å²) in [6.45, 7) is 8.94. The number of hydrogen-bond donors (Lipinski definition) is 0. The van der Waals surface area contributed by atoms with Crippen molar-refractivity contribution < 1.29 is 0 Å². The van der Waals surface area contributed by atoms with Crippen LogP contribution < -0.4 is 4.90 Å². The maximum absolute atomic E-state index is 5.16. The Labute approximate surface area is 468 Å². The van der Waals surface area contributed by atoms with Crippen LogP contribution in [0.2, 0.25) is 0 Å². The van der Waals surface area contributed by atoms with Crippen molar-refractivity contribution in [2.75, 3.05) is 4.90 Å². The highest BCUT2D eigenvalue weighted by Crippen LogP contribution is 2.54. The number of anilines is 3. The Balaban J connectivity index is 0.832. The van der Waals surface area contributed by atoms with Gasteiger partial charge in [0.05, 0.1) is 16.7 Å². The van der Waals surface area contributed by atoms with Gasteiger partial charge in [0.25, 0.3) is 0 Å². The lowest BCUT2D eigenvalue weighted by Gasteiger charge is -2.28. The van der Waals surface area contributed by atoms with E-state index >= 15 is 0 Å². The van der Waals surface area contributed by atoms with Crippen LogP contribution in [0.5, 0.6) is 0 Å². The lowest BCUT2D eigenvalue weighted by atomic mass is 9.81. The highest BCUT2D eigenvalue weighted by molar-refractivity contribution is 6.35. The maximum Gasteiger partial charge on any atom is 0.235 e. The van der Waals surface area contributed by atoms with Crippen LogP contribution in [0.15, 0.2) is 243 Å². The minimum Gasteiger partial charge on any atom is -0.310 e. The standard InChI is InChI=1S/C77H52N4/c1-45-38-46(2)79-76(78-45)81-72-37-35-65-61-21-10-9-19-59(61)60-20-11-12-22-64(60)74(65)75(72)68-43-70-67(44-73(68)81)66-42-51(28-36-69(66)77(70,3)4)50-26-31-58-52(39-50)17-13-23-71(58)80(54-29-24-47-14-5-6-16-49(47)40-54)55-30-34-57-53(41-55)27-33-62-56-18-8-7-15-48(56)25-32-63(57)62/h5-44H,1-4H3. The molecule has 0 amide bonds. The van der Waals surface area contributed by atoms with Crippen molar-refractivity contribution in [3.63, 3.8) is 0 Å². The predicted octanol–water partition coefficient (Wildman–Crippen LogP) is 20.9. The summed E-state index contributed by atoms with van der Waals surface area (Å²) in [4.78, 5) is 12.8. The van der Waals surface area contributed by atoms with Crippen molar-refractivity contribution in [3.05, 3.63) is 265 Å². The summed E-state index contributed by atoms with van der Waals surface area (Å²) in [7, 11) is 0. The molecule has 0 aliphatic heterocycles. The van der Waals surface area contributed by atoms with Crippen LogP contribution in [0, 0.1) is 13.8 Å². The molecule has 2 heterocycles. The summed E-state index contributed by atoms with van der Waals surface area (Å²) in [6, 6.07) is 90.7. The molecule has 4 nitrogen and oxygen atoms in total. The molecule has 0 saturated carbocycles. The highest BCUT2D eigenvalue weighted by Gasteiger charge is 2.37. The van der Waals surface area contributed by atoms with E-state index in [1.807, 2.05) is 0 Å². The van der Waals surface area contributed by atoms with Crippen LogP contribution in [0.1, 0.15) is 36.4 Å². The van der Waals surface area contributed by atoms with Crippen LogP contribution in [-0.4, -0.2) is 14.5 Å². The number of aromatic nitrogens is 3. The molecule has 1 aliphatic rings. The molecule has 17 rings (SSSR count). The van der Waals surface area contributed by atoms with Crippen molar-refractivity contribution in [1.29, 1.82) is 0 Å². The summed E-state index contributed by atoms with van der Waals surface area (Å²) in [5.41, 5.74) is 14.8. The Morgan fingerprint density at radius 3 is 1.63 bits per heavy atom. The fourth-order valence-electron chi connectivity index (χ4n) is 14.3. The van der Waals surface area contributed by atoms with Gasteiger partial charge < -0.3 is 4.90 Å². The molecule has 0 atom stereocenters. The second-order valence-electron chi connectivity index (χ2n) is 23.0. The smallest absolute Gasteiger partial charge is 0.235 e. The number of fused-ring (bicyclic) bond motifs is 20. The lowest BCUT2D eigenvalue weighted by Crippen LogP contribution is -2.14. The Hall–Kier alpha value is -10.2. The van der Waals surface area contributed by atoms with E-state index in [1.165, 1.54) is 130 Å². The number of benzene rings is 14. The average molecular weight is 1030 g/mol. The zero-order valence-corrected chi connectivity index (χ0v) is 45.4. The first-order chi connectivity index (χ1) is 39.7. The van der Waals surface area contributed by atoms with E-state index in [2.05, 4.69) is 280 Å². The summed E-state index contributed by atoms with van der Waals surface area (Å²) >= 11 is 0. The minimum absolute atomic E-state index is 0.254. The molecule has 380 valence electrons. The molecule has 1 aliphatic carbocycles. The Morgan fingerprint density at radius 2 is 0.852 bits per heavy atom. The van der Waals surface area contributed by atoms with Crippen molar-refractivity contribution >= 4 is 125 Å². The Bertz CT molecular complexity index is 5370. The van der Waals surface area contributed by atoms with Gasteiger partial charge >= 0.3 is 0 Å². The first-order valence-electron chi connectivity index (χ1n) is 28.2. The van der Waals surface area contributed by atoms with Crippen LogP contribution in [0.3, 0.4) is 0 Å². The topological polar surface area (TPSA) is 34.0 Å². The molecule has 0 unspecified atom stereocenters. The van der Waals surface area contributed by atoms with Gasteiger partial charge in [-0.15, -0.1) is 0 Å². The molecule has 81 heavy (non-hydrogen) atoms. The SMILES string of the molecule is Cc1cc(C)nc(-n2c3cc4c(cc3c3c5c6ccccc6c6ccccc6c5ccc32)C(C)(C)c2ccc(-c3ccc5c(N(c6ccc7ccccc7c6)c6ccc7c(ccc8c9ccccc9ccc78)c6)cccc5c3)cc2-4)n1. The highest BCUT2D eigenvalue weighted by atomic mass is 15.2. The van der Waals surface area contributed by atoms with Gasteiger partial charge in [0.1, 0.15) is 0 Å². The predicted molar refractivity (Wildman–Crippen MR) is 344 cm³/mol. The number of nitrogens with zero attached hydrogens (tertiary/aromatic N) is 4. The minimum atomic E-state index is -0.254.